The van der Waals surface area contributed by atoms with Gasteiger partial charge in [0.05, 0.1) is 12.2 Å². The number of aliphatic imine (C=N–C) groups is 1. The molecule has 0 amide bonds. The highest BCUT2D eigenvalue weighted by atomic mass is 32.2. The average molecular weight is 282 g/mol. The molecule has 96 valence electrons. The lowest BCUT2D eigenvalue weighted by Crippen LogP contribution is -2.13. The molecule has 0 spiro atoms. The normalized spacial score (nSPS) is 11.0. The number of hydrogen-bond donors (Lipinski definition) is 2. The van der Waals surface area contributed by atoms with Crippen LogP contribution in [0.15, 0.2) is 23.3 Å². The Morgan fingerprint density at radius 3 is 3.17 bits per heavy atom. The molecule has 5 nitrogen and oxygen atoms in total. The third-order valence-electron chi connectivity index (χ3n) is 1.95. The molecule has 0 aliphatic heterocycles. The van der Waals surface area contributed by atoms with Crippen LogP contribution in [0, 0.1) is 11.5 Å². The predicted octanol–water partition coefficient (Wildman–Crippen LogP) is 1.81. The average Bonchev–Trinajstić information content (AvgIpc) is 2.39. The van der Waals surface area contributed by atoms with Crippen LogP contribution in [-0.2, 0) is 5.75 Å². The highest BCUT2D eigenvalue weighted by molar-refractivity contribution is 8.13. The fraction of sp³-hybridized carbons (Fsp3) is 0.364. The molecule has 0 aliphatic rings. The van der Waals surface area contributed by atoms with E-state index in [0.717, 1.165) is 5.75 Å². The van der Waals surface area contributed by atoms with E-state index in [9.17, 15) is 5.11 Å². The summed E-state index contributed by atoms with van der Waals surface area (Å²) in [5.74, 6) is 1.69. The first-order chi connectivity index (χ1) is 8.77. The number of nitrogens with one attached hydrogen (secondary N) is 1. The van der Waals surface area contributed by atoms with Crippen LogP contribution in [0.5, 0.6) is 5.75 Å². The molecule has 2 N–H and O–H groups in total. The van der Waals surface area contributed by atoms with Crippen LogP contribution in [0.4, 0.5) is 0 Å². The number of hydrogen-bond acceptors (Lipinski definition) is 6. The van der Waals surface area contributed by atoms with Crippen molar-refractivity contribution < 1.29 is 5.11 Å². The molecule has 18 heavy (non-hydrogen) atoms. The molecule has 0 radical (unpaired) electrons. The topological polar surface area (TPSA) is 81.3 Å². The van der Waals surface area contributed by atoms with Crippen molar-refractivity contribution in [2.75, 3.05) is 18.6 Å². The first-order valence-electron chi connectivity index (χ1n) is 5.22. The Balaban J connectivity index is 2.27. The summed E-state index contributed by atoms with van der Waals surface area (Å²) in [5.41, 5.74) is 0.687. The van der Waals surface area contributed by atoms with Gasteiger partial charge in [-0.3, -0.25) is 15.3 Å². The number of pyridine rings is 1. The lowest BCUT2D eigenvalue weighted by atomic mass is 10.3. The largest absolute Gasteiger partial charge is 0.506 e. The Hall–Kier alpha value is -1.39. The second-order valence-electron chi connectivity index (χ2n) is 3.15. The van der Waals surface area contributed by atoms with Gasteiger partial charge in [-0.05, 0) is 18.4 Å². The van der Waals surface area contributed by atoms with E-state index in [0.29, 0.717) is 23.2 Å². The summed E-state index contributed by atoms with van der Waals surface area (Å²) in [6.45, 7) is 0.628. The molecule has 0 saturated carbocycles. The molecular weight excluding hydrogens is 268 g/mol. The van der Waals surface area contributed by atoms with Crippen molar-refractivity contribution in [3.05, 3.63) is 24.0 Å². The maximum atomic E-state index is 9.51. The Kier molecular flexibility index (Phi) is 7.06. The van der Waals surface area contributed by atoms with E-state index in [4.69, 9.17) is 5.26 Å². The zero-order valence-electron chi connectivity index (χ0n) is 9.96. The van der Waals surface area contributed by atoms with Crippen molar-refractivity contribution in [3.8, 4) is 11.9 Å². The van der Waals surface area contributed by atoms with Gasteiger partial charge in [0.1, 0.15) is 5.75 Å². The van der Waals surface area contributed by atoms with Gasteiger partial charge < -0.3 is 5.11 Å². The number of aromatic nitrogens is 1. The van der Waals surface area contributed by atoms with E-state index in [1.165, 1.54) is 11.8 Å². The maximum absolute atomic E-state index is 9.51. The first kappa shape index (κ1) is 14.7. The molecule has 1 aromatic rings. The van der Waals surface area contributed by atoms with Crippen LogP contribution in [0.3, 0.4) is 0 Å². The lowest BCUT2D eigenvalue weighted by molar-refractivity contribution is 0.467. The minimum Gasteiger partial charge on any atom is -0.506 e. The van der Waals surface area contributed by atoms with Crippen molar-refractivity contribution in [2.45, 2.75) is 5.75 Å². The number of aromatic hydroxyl groups is 1. The number of rotatable bonds is 5. The smallest absolute Gasteiger partial charge is 0.183 e. The van der Waals surface area contributed by atoms with Gasteiger partial charge in [0.25, 0.3) is 0 Å². The molecule has 0 bridgehead atoms. The van der Waals surface area contributed by atoms with Crippen LogP contribution in [-0.4, -0.2) is 33.8 Å². The maximum Gasteiger partial charge on any atom is 0.183 e. The fourth-order valence-electron chi connectivity index (χ4n) is 1.12. The molecule has 0 saturated heterocycles. The first-order valence-corrected chi connectivity index (χ1v) is 7.60. The van der Waals surface area contributed by atoms with Crippen molar-refractivity contribution in [3.63, 3.8) is 0 Å². The summed E-state index contributed by atoms with van der Waals surface area (Å²) in [6, 6.07) is 3.33. The van der Waals surface area contributed by atoms with Gasteiger partial charge in [0, 0.05) is 17.7 Å². The minimum absolute atomic E-state index is 0.226. The minimum atomic E-state index is 0.226. The SMILES string of the molecule is CSC(=NCCSCc1ncccc1O)NC#N. The van der Waals surface area contributed by atoms with E-state index >= 15 is 0 Å². The molecule has 0 fully saturated rings. The third-order valence-corrected chi connectivity index (χ3v) is 3.52. The molecule has 1 aromatic heterocycles. The second-order valence-corrected chi connectivity index (χ2v) is 5.05. The number of nitrogens with zero attached hydrogens (tertiary/aromatic N) is 3. The highest BCUT2D eigenvalue weighted by Gasteiger charge is 2.01. The molecule has 0 aliphatic carbocycles. The molecule has 0 aromatic carbocycles. The zero-order chi connectivity index (χ0) is 13.2. The molecule has 0 unspecified atom stereocenters. The standard InChI is InChI=1S/C11H14N4OS2/c1-17-11(15-8-12)14-5-6-18-7-9-10(16)3-2-4-13-9/h2-4,16H,5-7H2,1H3,(H,14,15). The summed E-state index contributed by atoms with van der Waals surface area (Å²) in [7, 11) is 0. The van der Waals surface area contributed by atoms with Crippen molar-refractivity contribution >= 4 is 28.7 Å². The Labute approximate surface area is 115 Å². The zero-order valence-corrected chi connectivity index (χ0v) is 11.6. The Morgan fingerprint density at radius 2 is 2.50 bits per heavy atom. The predicted molar refractivity (Wildman–Crippen MR) is 76.6 cm³/mol. The van der Waals surface area contributed by atoms with Crippen LogP contribution in [0.1, 0.15) is 5.69 Å². The van der Waals surface area contributed by atoms with Gasteiger partial charge in [-0.1, -0.05) is 11.8 Å². The number of nitriles is 1. The quantitative estimate of drug-likeness (QED) is 0.282. The van der Waals surface area contributed by atoms with Crippen molar-refractivity contribution in [1.29, 1.82) is 5.26 Å². The van der Waals surface area contributed by atoms with Crippen LogP contribution in [0.25, 0.3) is 0 Å². The fourth-order valence-corrected chi connectivity index (χ4v) is 2.27. The third kappa shape index (κ3) is 5.29. The van der Waals surface area contributed by atoms with Crippen LogP contribution >= 0.6 is 23.5 Å². The van der Waals surface area contributed by atoms with E-state index < -0.39 is 0 Å². The second kappa shape index (κ2) is 8.66. The van der Waals surface area contributed by atoms with Gasteiger partial charge in [-0.25, -0.2) is 0 Å². The summed E-state index contributed by atoms with van der Waals surface area (Å²) >= 11 is 3.05. The summed E-state index contributed by atoms with van der Waals surface area (Å²) in [5, 5.41) is 21.1. The Morgan fingerprint density at radius 1 is 1.67 bits per heavy atom. The van der Waals surface area contributed by atoms with Crippen LogP contribution in [0.2, 0.25) is 0 Å². The summed E-state index contributed by atoms with van der Waals surface area (Å²) in [4.78, 5) is 8.32. The van der Waals surface area contributed by atoms with Crippen molar-refractivity contribution in [2.24, 2.45) is 4.99 Å². The Bertz CT molecular complexity index is 445. The summed E-state index contributed by atoms with van der Waals surface area (Å²) < 4.78 is 0. The monoisotopic (exact) mass is 282 g/mol. The number of amidine groups is 1. The van der Waals surface area contributed by atoms with Crippen LogP contribution < -0.4 is 5.32 Å². The van der Waals surface area contributed by atoms with Gasteiger partial charge in [0.15, 0.2) is 11.4 Å². The summed E-state index contributed by atoms with van der Waals surface area (Å²) in [6.07, 6.45) is 5.37. The molecule has 7 heteroatoms. The molecular formula is C11H14N4OS2. The lowest BCUT2D eigenvalue weighted by Gasteiger charge is -2.02. The van der Waals surface area contributed by atoms with E-state index in [1.807, 2.05) is 12.4 Å². The van der Waals surface area contributed by atoms with E-state index in [2.05, 4.69) is 15.3 Å². The van der Waals surface area contributed by atoms with Gasteiger partial charge in [-0.2, -0.15) is 17.0 Å². The highest BCUT2D eigenvalue weighted by Crippen LogP contribution is 2.18. The number of thioether (sulfide) groups is 2. The molecule has 1 rings (SSSR count). The van der Waals surface area contributed by atoms with E-state index in [1.54, 1.807) is 30.1 Å². The van der Waals surface area contributed by atoms with Crippen molar-refractivity contribution in [1.82, 2.24) is 10.3 Å². The van der Waals surface area contributed by atoms with Gasteiger partial charge >= 0.3 is 0 Å². The van der Waals surface area contributed by atoms with E-state index in [-0.39, 0.29) is 5.75 Å². The van der Waals surface area contributed by atoms with Gasteiger partial charge in [0.2, 0.25) is 0 Å². The molecule has 1 heterocycles. The molecule has 0 atom stereocenters. The van der Waals surface area contributed by atoms with Gasteiger partial charge in [-0.15, -0.1) is 0 Å².